The van der Waals surface area contributed by atoms with Crippen LogP contribution < -0.4 is 0 Å². The maximum absolute atomic E-state index is 13.0. The predicted octanol–water partition coefficient (Wildman–Crippen LogP) is 6.22. The number of halogens is 1. The highest BCUT2D eigenvalue weighted by atomic mass is 35.5. The van der Waals surface area contributed by atoms with Gasteiger partial charge in [0.1, 0.15) is 5.60 Å². The first-order chi connectivity index (χ1) is 16.5. The highest BCUT2D eigenvalue weighted by Crippen LogP contribution is 2.24. The van der Waals surface area contributed by atoms with E-state index in [1.165, 1.54) is 4.90 Å². The number of hydrogen-bond acceptors (Lipinski definition) is 4. The van der Waals surface area contributed by atoms with Crippen LogP contribution in [0.15, 0.2) is 72.8 Å². The van der Waals surface area contributed by atoms with Crippen LogP contribution in [-0.2, 0) is 11.2 Å². The highest BCUT2D eigenvalue weighted by molar-refractivity contribution is 6.30. The molecule has 0 aliphatic rings. The number of aromatic carboxylic acids is 1. The molecule has 0 saturated carbocycles. The van der Waals surface area contributed by atoms with Gasteiger partial charge in [-0.25, -0.2) is 9.59 Å². The van der Waals surface area contributed by atoms with Crippen molar-refractivity contribution < 1.29 is 24.5 Å². The maximum atomic E-state index is 13.0. The summed E-state index contributed by atoms with van der Waals surface area (Å²) in [5, 5.41) is 21.0. The molecule has 1 atom stereocenters. The molecule has 0 fully saturated rings. The third-order valence-electron chi connectivity index (χ3n) is 5.37. The first-order valence-electron chi connectivity index (χ1n) is 11.4. The molecule has 0 heterocycles. The Kier molecular flexibility index (Phi) is 8.54. The summed E-state index contributed by atoms with van der Waals surface area (Å²) < 4.78 is 5.55. The molecular formula is C28H30ClNO5. The third kappa shape index (κ3) is 7.57. The molecule has 6 nitrogen and oxygen atoms in total. The fraction of sp³-hybridized carbons (Fsp3) is 0.286. The van der Waals surface area contributed by atoms with Crippen LogP contribution in [0.1, 0.15) is 48.4 Å². The van der Waals surface area contributed by atoms with Crippen LogP contribution in [0.25, 0.3) is 11.1 Å². The Morgan fingerprint density at radius 1 is 0.971 bits per heavy atom. The number of carboxylic acid groups (broad SMARTS) is 1. The van der Waals surface area contributed by atoms with E-state index < -0.39 is 23.8 Å². The van der Waals surface area contributed by atoms with Crippen LogP contribution >= 0.6 is 11.6 Å². The van der Waals surface area contributed by atoms with E-state index in [-0.39, 0.29) is 25.1 Å². The molecule has 2 N–H and O–H groups in total. The van der Waals surface area contributed by atoms with E-state index in [4.69, 9.17) is 16.3 Å². The molecule has 3 aromatic rings. The van der Waals surface area contributed by atoms with Gasteiger partial charge in [-0.1, -0.05) is 66.2 Å². The van der Waals surface area contributed by atoms with Crippen LogP contribution in [0.3, 0.4) is 0 Å². The molecule has 0 unspecified atom stereocenters. The van der Waals surface area contributed by atoms with Crippen LogP contribution in [0.5, 0.6) is 0 Å². The maximum Gasteiger partial charge on any atom is 0.410 e. The van der Waals surface area contributed by atoms with E-state index in [9.17, 15) is 19.8 Å². The van der Waals surface area contributed by atoms with Crippen molar-refractivity contribution in [3.63, 3.8) is 0 Å². The van der Waals surface area contributed by atoms with E-state index in [0.29, 0.717) is 16.1 Å². The molecule has 1 amide bonds. The van der Waals surface area contributed by atoms with E-state index in [1.807, 2.05) is 36.4 Å². The summed E-state index contributed by atoms with van der Waals surface area (Å²) in [6.45, 7) is 5.42. The summed E-state index contributed by atoms with van der Waals surface area (Å²) in [6.07, 6.45) is -1.31. The number of aliphatic hydroxyl groups excluding tert-OH is 1. The van der Waals surface area contributed by atoms with Crippen molar-refractivity contribution in [3.8, 4) is 11.1 Å². The minimum atomic E-state index is -1.04. The normalized spacial score (nSPS) is 12.1. The number of carbonyl (C=O) groups is 2. The topological polar surface area (TPSA) is 87.1 Å². The minimum absolute atomic E-state index is 0.0317. The number of ether oxygens (including phenoxy) is 1. The Hall–Kier alpha value is -3.35. The van der Waals surface area contributed by atoms with E-state index >= 15 is 0 Å². The lowest BCUT2D eigenvalue weighted by Gasteiger charge is -2.29. The molecule has 0 aliphatic carbocycles. The van der Waals surface area contributed by atoms with E-state index in [0.717, 1.165) is 11.1 Å². The summed E-state index contributed by atoms with van der Waals surface area (Å²) in [5.41, 5.74) is 2.45. The standard InChI is InChI=1S/C28H30ClNO5/c1-28(2,3)35-27(34)30(18-25(31)22-10-7-11-23(29)17-22)15-14-21-16-20(12-13-24(21)26(32)33)19-8-5-4-6-9-19/h4-13,16-17,25,31H,14-15,18H2,1-3H3,(H,32,33)/t25-/m0/s1. The molecule has 0 aromatic heterocycles. The number of amides is 1. The van der Waals surface area contributed by atoms with Crippen molar-refractivity contribution in [3.05, 3.63) is 94.5 Å². The van der Waals surface area contributed by atoms with Crippen LogP contribution in [0.4, 0.5) is 4.79 Å². The monoisotopic (exact) mass is 495 g/mol. The summed E-state index contributed by atoms with van der Waals surface area (Å²) in [6, 6.07) is 21.7. The number of carboxylic acids is 1. The van der Waals surface area contributed by atoms with Crippen molar-refractivity contribution in [2.24, 2.45) is 0 Å². The first kappa shape index (κ1) is 26.3. The Balaban J connectivity index is 1.86. The molecule has 0 aliphatic heterocycles. The average molecular weight is 496 g/mol. The van der Waals surface area contributed by atoms with Gasteiger partial charge < -0.3 is 19.8 Å². The second-order valence-corrected chi connectivity index (χ2v) is 9.73. The number of aliphatic hydroxyl groups is 1. The largest absolute Gasteiger partial charge is 0.478 e. The number of hydrogen-bond donors (Lipinski definition) is 2. The summed E-state index contributed by atoms with van der Waals surface area (Å²) in [7, 11) is 0. The average Bonchev–Trinajstić information content (AvgIpc) is 2.80. The Morgan fingerprint density at radius 3 is 2.31 bits per heavy atom. The van der Waals surface area contributed by atoms with E-state index in [1.54, 1.807) is 57.2 Å². The van der Waals surface area contributed by atoms with Crippen LogP contribution in [0, 0.1) is 0 Å². The van der Waals surface area contributed by atoms with Gasteiger partial charge in [-0.15, -0.1) is 0 Å². The van der Waals surface area contributed by atoms with Crippen LogP contribution in [0.2, 0.25) is 5.02 Å². The molecule has 7 heteroatoms. The molecule has 0 bridgehead atoms. The van der Waals surface area contributed by atoms with Gasteiger partial charge in [0, 0.05) is 11.6 Å². The lowest BCUT2D eigenvalue weighted by Crippen LogP contribution is -2.40. The fourth-order valence-corrected chi connectivity index (χ4v) is 3.89. The van der Waals surface area contributed by atoms with Gasteiger partial charge in [0.2, 0.25) is 0 Å². The molecular weight excluding hydrogens is 466 g/mol. The van der Waals surface area contributed by atoms with Gasteiger partial charge >= 0.3 is 12.1 Å². The molecule has 35 heavy (non-hydrogen) atoms. The Labute approximate surface area is 210 Å². The molecule has 3 aromatic carbocycles. The highest BCUT2D eigenvalue weighted by Gasteiger charge is 2.25. The zero-order chi connectivity index (χ0) is 25.6. The molecule has 184 valence electrons. The number of nitrogens with zero attached hydrogens (tertiary/aromatic N) is 1. The van der Waals surface area contributed by atoms with Crippen molar-refractivity contribution in [1.82, 2.24) is 4.90 Å². The number of benzene rings is 3. The van der Waals surface area contributed by atoms with Gasteiger partial charge in [-0.3, -0.25) is 0 Å². The smallest absolute Gasteiger partial charge is 0.410 e. The van der Waals surface area contributed by atoms with Crippen molar-refractivity contribution in [1.29, 1.82) is 0 Å². The summed E-state index contributed by atoms with van der Waals surface area (Å²) in [5.74, 6) is -1.04. The minimum Gasteiger partial charge on any atom is -0.478 e. The van der Waals surface area contributed by atoms with E-state index in [2.05, 4.69) is 0 Å². The van der Waals surface area contributed by atoms with Gasteiger partial charge in [-0.05, 0) is 67.6 Å². The predicted molar refractivity (Wildman–Crippen MR) is 137 cm³/mol. The zero-order valence-electron chi connectivity index (χ0n) is 20.1. The zero-order valence-corrected chi connectivity index (χ0v) is 20.8. The second-order valence-electron chi connectivity index (χ2n) is 9.29. The molecule has 3 rings (SSSR count). The van der Waals surface area contributed by atoms with Crippen molar-refractivity contribution in [2.75, 3.05) is 13.1 Å². The quantitative estimate of drug-likeness (QED) is 0.387. The van der Waals surface area contributed by atoms with Gasteiger partial charge in [-0.2, -0.15) is 0 Å². The molecule has 0 spiro atoms. The Morgan fingerprint density at radius 2 is 1.69 bits per heavy atom. The fourth-order valence-electron chi connectivity index (χ4n) is 3.69. The third-order valence-corrected chi connectivity index (χ3v) is 5.61. The van der Waals surface area contributed by atoms with Crippen molar-refractivity contribution in [2.45, 2.75) is 38.9 Å². The molecule has 0 saturated heterocycles. The first-order valence-corrected chi connectivity index (χ1v) is 11.7. The lowest BCUT2D eigenvalue weighted by molar-refractivity contribution is 0.0147. The SMILES string of the molecule is CC(C)(C)OC(=O)N(CCc1cc(-c2ccccc2)ccc1C(=O)O)C[C@H](O)c1cccc(Cl)c1. The lowest BCUT2D eigenvalue weighted by atomic mass is 9.97. The van der Waals surface area contributed by atoms with Crippen LogP contribution in [-0.4, -0.2) is 45.9 Å². The van der Waals surface area contributed by atoms with Crippen molar-refractivity contribution >= 4 is 23.7 Å². The van der Waals surface area contributed by atoms with Gasteiger partial charge in [0.25, 0.3) is 0 Å². The summed E-state index contributed by atoms with van der Waals surface area (Å²) in [4.78, 5) is 26.2. The number of rotatable bonds is 8. The molecule has 0 radical (unpaired) electrons. The Bertz CT molecular complexity index is 1170. The second kappa shape index (κ2) is 11.4. The van der Waals surface area contributed by atoms with Gasteiger partial charge in [0.05, 0.1) is 18.2 Å². The summed E-state index contributed by atoms with van der Waals surface area (Å²) >= 11 is 6.06. The number of carbonyl (C=O) groups excluding carboxylic acids is 1. The van der Waals surface area contributed by atoms with Gasteiger partial charge in [0.15, 0.2) is 0 Å².